The molecule has 0 unspecified atom stereocenters. The molecule has 1 aromatic carbocycles. The molecule has 35 heavy (non-hydrogen) atoms. The van der Waals surface area contributed by atoms with Gasteiger partial charge in [-0.2, -0.15) is 13.2 Å². The number of benzene rings is 1. The molecule has 1 aliphatic rings. The minimum atomic E-state index is -4.62. The number of methoxy groups -OCH3 is 1. The van der Waals surface area contributed by atoms with E-state index in [1.807, 2.05) is 0 Å². The van der Waals surface area contributed by atoms with Crippen LogP contribution < -0.4 is 15.8 Å². The lowest BCUT2D eigenvalue weighted by atomic mass is 10.0. The molecule has 3 N–H and O–H groups in total. The summed E-state index contributed by atoms with van der Waals surface area (Å²) in [5, 5.41) is 3.25. The number of halogens is 3. The van der Waals surface area contributed by atoms with Crippen LogP contribution in [0.1, 0.15) is 35.8 Å². The predicted octanol–water partition coefficient (Wildman–Crippen LogP) is 3.96. The SMILES string of the molecule is C=C(C(C)C)N1CC(NC(=O)c2nc(-c3ccc(OC)c4nc(C(F)(F)F)ccc34)oc2CN)C1. The molecule has 3 heterocycles. The first-order valence-electron chi connectivity index (χ1n) is 11.0. The highest BCUT2D eigenvalue weighted by atomic mass is 19.4. The van der Waals surface area contributed by atoms with Gasteiger partial charge in [-0.05, 0) is 30.2 Å². The summed E-state index contributed by atoms with van der Waals surface area (Å²) in [5.74, 6) is 0.262. The number of allylic oxidation sites excluding steroid dienone is 1. The third-order valence-corrected chi connectivity index (χ3v) is 5.95. The molecule has 0 spiro atoms. The van der Waals surface area contributed by atoms with Crippen molar-refractivity contribution in [1.82, 2.24) is 20.2 Å². The Kier molecular flexibility index (Phi) is 6.46. The fourth-order valence-corrected chi connectivity index (χ4v) is 3.91. The first-order valence-corrected chi connectivity index (χ1v) is 11.0. The number of nitrogens with zero attached hydrogens (tertiary/aromatic N) is 3. The van der Waals surface area contributed by atoms with E-state index < -0.39 is 17.8 Å². The molecule has 0 radical (unpaired) electrons. The third-order valence-electron chi connectivity index (χ3n) is 5.95. The molecule has 0 atom stereocenters. The summed E-state index contributed by atoms with van der Waals surface area (Å²) in [6.07, 6.45) is -4.62. The molecule has 8 nitrogen and oxygen atoms in total. The summed E-state index contributed by atoms with van der Waals surface area (Å²) in [4.78, 5) is 23.1. The fourth-order valence-electron chi connectivity index (χ4n) is 3.91. The van der Waals surface area contributed by atoms with Gasteiger partial charge in [-0.1, -0.05) is 20.4 Å². The summed E-state index contributed by atoms with van der Waals surface area (Å²) < 4.78 is 50.6. The zero-order chi connectivity index (χ0) is 25.5. The number of hydrogen-bond donors (Lipinski definition) is 2. The van der Waals surface area contributed by atoms with E-state index in [2.05, 4.69) is 40.6 Å². The number of nitrogens with two attached hydrogens (primary N) is 1. The lowest BCUT2D eigenvalue weighted by Crippen LogP contribution is -2.59. The normalized spacial score (nSPS) is 14.3. The molecular weight excluding hydrogens is 463 g/mol. The van der Waals surface area contributed by atoms with E-state index in [1.54, 1.807) is 6.07 Å². The molecule has 1 saturated heterocycles. The summed E-state index contributed by atoms with van der Waals surface area (Å²) in [5.41, 5.74) is 6.14. The van der Waals surface area contributed by atoms with Crippen LogP contribution in [-0.2, 0) is 12.7 Å². The first kappa shape index (κ1) is 24.5. The Hall–Kier alpha value is -3.60. The van der Waals surface area contributed by atoms with Crippen LogP contribution in [0.4, 0.5) is 13.2 Å². The number of amides is 1. The molecule has 186 valence electrons. The van der Waals surface area contributed by atoms with Gasteiger partial charge in [-0.3, -0.25) is 4.79 Å². The second-order valence-electron chi connectivity index (χ2n) is 8.62. The van der Waals surface area contributed by atoms with Crippen molar-refractivity contribution in [2.24, 2.45) is 11.7 Å². The minimum absolute atomic E-state index is 0.00161. The summed E-state index contributed by atoms with van der Waals surface area (Å²) in [6, 6.07) is 5.14. The van der Waals surface area contributed by atoms with Crippen LogP contribution in [0.25, 0.3) is 22.4 Å². The second kappa shape index (κ2) is 9.21. The molecule has 1 amide bonds. The molecular formula is C24H26F3N5O3. The molecule has 4 rings (SSSR count). The largest absolute Gasteiger partial charge is 0.494 e. The molecule has 3 aromatic rings. The highest BCUT2D eigenvalue weighted by Crippen LogP contribution is 2.37. The Morgan fingerprint density at radius 1 is 1.29 bits per heavy atom. The molecule has 0 aliphatic carbocycles. The van der Waals surface area contributed by atoms with E-state index in [9.17, 15) is 18.0 Å². The number of pyridine rings is 1. The number of carbonyl (C=O) groups excluding carboxylic acids is 1. The zero-order valence-electron chi connectivity index (χ0n) is 19.6. The van der Waals surface area contributed by atoms with Gasteiger partial charge in [0, 0.05) is 29.7 Å². The van der Waals surface area contributed by atoms with Crippen molar-refractivity contribution >= 4 is 16.8 Å². The van der Waals surface area contributed by atoms with Gasteiger partial charge in [0.05, 0.1) is 19.7 Å². The average molecular weight is 489 g/mol. The maximum atomic E-state index is 13.2. The Morgan fingerprint density at radius 2 is 2.00 bits per heavy atom. The number of rotatable bonds is 7. The van der Waals surface area contributed by atoms with E-state index in [1.165, 1.54) is 19.2 Å². The van der Waals surface area contributed by atoms with Crippen LogP contribution in [0.3, 0.4) is 0 Å². The number of ether oxygens (including phenoxy) is 1. The van der Waals surface area contributed by atoms with Gasteiger partial charge in [0.15, 0.2) is 11.5 Å². The monoisotopic (exact) mass is 489 g/mol. The summed E-state index contributed by atoms with van der Waals surface area (Å²) in [6.45, 7) is 9.37. The quantitative estimate of drug-likeness (QED) is 0.517. The van der Waals surface area contributed by atoms with Crippen LogP contribution in [0.15, 0.2) is 41.0 Å². The van der Waals surface area contributed by atoms with Gasteiger partial charge in [-0.15, -0.1) is 0 Å². The standard InChI is InChI=1S/C24H26F3N5O3/c1-12(2)13(3)32-10-14(11-32)29-22(33)21-18(9-28)35-23(31-21)16-5-7-17(34-4)20-15(16)6-8-19(30-20)24(25,26)27/h5-8,12,14H,3,9-11,28H2,1-2,4H3,(H,29,33). The summed E-state index contributed by atoms with van der Waals surface area (Å²) >= 11 is 0. The average Bonchev–Trinajstić information content (AvgIpc) is 3.23. The van der Waals surface area contributed by atoms with Crippen LogP contribution in [0.2, 0.25) is 0 Å². The van der Waals surface area contributed by atoms with E-state index in [-0.39, 0.29) is 41.2 Å². The van der Waals surface area contributed by atoms with Gasteiger partial charge in [0.1, 0.15) is 17.0 Å². The van der Waals surface area contributed by atoms with Crippen LogP contribution in [0.5, 0.6) is 5.75 Å². The Labute approximate surface area is 200 Å². The number of aromatic nitrogens is 2. The van der Waals surface area contributed by atoms with E-state index >= 15 is 0 Å². The van der Waals surface area contributed by atoms with Crippen molar-refractivity contribution in [3.05, 3.63) is 53.7 Å². The molecule has 2 aromatic heterocycles. The highest BCUT2D eigenvalue weighted by molar-refractivity contribution is 5.98. The molecule has 0 bridgehead atoms. The van der Waals surface area contributed by atoms with E-state index in [4.69, 9.17) is 14.9 Å². The van der Waals surface area contributed by atoms with Gasteiger partial charge in [0.25, 0.3) is 5.91 Å². The van der Waals surface area contributed by atoms with Crippen molar-refractivity contribution < 1.29 is 27.1 Å². The predicted molar refractivity (Wildman–Crippen MR) is 123 cm³/mol. The number of hydrogen-bond acceptors (Lipinski definition) is 7. The topological polar surface area (TPSA) is 107 Å². The van der Waals surface area contributed by atoms with Gasteiger partial charge in [-0.25, -0.2) is 9.97 Å². The Bertz CT molecular complexity index is 1280. The number of alkyl halides is 3. The number of carbonyl (C=O) groups is 1. The highest BCUT2D eigenvalue weighted by Gasteiger charge is 2.34. The number of likely N-dealkylation sites (tertiary alicyclic amines) is 1. The molecule has 11 heteroatoms. The number of nitrogens with one attached hydrogen (secondary N) is 1. The van der Waals surface area contributed by atoms with Crippen molar-refractivity contribution in [2.45, 2.75) is 32.6 Å². The van der Waals surface area contributed by atoms with Crippen molar-refractivity contribution in [1.29, 1.82) is 0 Å². The minimum Gasteiger partial charge on any atom is -0.494 e. The zero-order valence-corrected chi connectivity index (χ0v) is 19.6. The second-order valence-corrected chi connectivity index (χ2v) is 8.62. The van der Waals surface area contributed by atoms with E-state index in [0.29, 0.717) is 30.0 Å². The number of fused-ring (bicyclic) bond motifs is 1. The molecule has 0 saturated carbocycles. The van der Waals surface area contributed by atoms with Crippen molar-refractivity contribution in [3.63, 3.8) is 0 Å². The van der Waals surface area contributed by atoms with Gasteiger partial charge in [0.2, 0.25) is 5.89 Å². The first-order chi connectivity index (χ1) is 16.5. The van der Waals surface area contributed by atoms with Gasteiger partial charge >= 0.3 is 6.18 Å². The Balaban J connectivity index is 1.63. The Morgan fingerprint density at radius 3 is 2.60 bits per heavy atom. The summed E-state index contributed by atoms with van der Waals surface area (Å²) in [7, 11) is 1.34. The van der Waals surface area contributed by atoms with Gasteiger partial charge < -0.3 is 25.1 Å². The van der Waals surface area contributed by atoms with Crippen LogP contribution in [-0.4, -0.2) is 47.0 Å². The lowest BCUT2D eigenvalue weighted by molar-refractivity contribution is -0.140. The van der Waals surface area contributed by atoms with Crippen molar-refractivity contribution in [3.8, 4) is 17.2 Å². The maximum absolute atomic E-state index is 13.2. The smallest absolute Gasteiger partial charge is 0.433 e. The molecule has 1 aliphatic heterocycles. The van der Waals surface area contributed by atoms with Crippen molar-refractivity contribution in [2.75, 3.05) is 20.2 Å². The third kappa shape index (κ3) is 4.68. The molecule has 1 fully saturated rings. The number of oxazole rings is 1. The van der Waals surface area contributed by atoms with Crippen LogP contribution in [0, 0.1) is 5.92 Å². The van der Waals surface area contributed by atoms with E-state index in [0.717, 1.165) is 11.8 Å². The van der Waals surface area contributed by atoms with Crippen LogP contribution >= 0.6 is 0 Å². The maximum Gasteiger partial charge on any atom is 0.433 e. The lowest BCUT2D eigenvalue weighted by Gasteiger charge is -2.43. The fraction of sp³-hybridized carbons (Fsp3) is 0.375.